The van der Waals surface area contributed by atoms with Crippen LogP contribution in [0.4, 0.5) is 0 Å². The third kappa shape index (κ3) is 11.8. The van der Waals surface area contributed by atoms with Crippen LogP contribution in [0, 0.1) is 52.9 Å². The summed E-state index contributed by atoms with van der Waals surface area (Å²) in [5.41, 5.74) is 27.9. The van der Waals surface area contributed by atoms with E-state index >= 15 is 0 Å². The number of benzene rings is 5. The van der Waals surface area contributed by atoms with Crippen LogP contribution in [-0.4, -0.2) is 0 Å². The number of allylic oxidation sites excluding steroid dienone is 9. The molecule has 68 heavy (non-hydrogen) atoms. The highest BCUT2D eigenvalue weighted by atomic mass is 14.4. The van der Waals surface area contributed by atoms with Crippen LogP contribution in [0.3, 0.4) is 0 Å². The van der Waals surface area contributed by atoms with Gasteiger partial charge in [0.2, 0.25) is 0 Å². The molecule has 0 saturated carbocycles. The van der Waals surface area contributed by atoms with Crippen LogP contribution >= 0.6 is 0 Å². The fourth-order valence-corrected chi connectivity index (χ4v) is 10.0. The van der Waals surface area contributed by atoms with E-state index in [-0.39, 0.29) is 10.8 Å². The van der Waals surface area contributed by atoms with E-state index in [1.807, 2.05) is 13.8 Å². The number of hydrogen-bond acceptors (Lipinski definition) is 0. The Morgan fingerprint density at radius 2 is 1.35 bits per heavy atom. The van der Waals surface area contributed by atoms with Crippen LogP contribution < -0.4 is 0 Å². The van der Waals surface area contributed by atoms with Crippen LogP contribution in [0.2, 0.25) is 0 Å². The first-order valence-corrected chi connectivity index (χ1v) is 25.9. The molecule has 356 valence electrons. The Bertz CT molecular complexity index is 2750. The summed E-state index contributed by atoms with van der Waals surface area (Å²) in [4.78, 5) is 0. The molecule has 5 aromatic carbocycles. The molecule has 0 saturated heterocycles. The molecule has 2 unspecified atom stereocenters. The molecule has 0 radical (unpaired) electrons. The number of rotatable bonds is 8. The first-order chi connectivity index (χ1) is 32.5. The van der Waals surface area contributed by atoms with Crippen molar-refractivity contribution in [3.05, 3.63) is 193 Å². The smallest absolute Gasteiger partial charge is 0.0184 e. The Kier molecular flexibility index (Phi) is 18.5. The molecule has 5 aromatic rings. The van der Waals surface area contributed by atoms with Crippen molar-refractivity contribution >= 4 is 17.2 Å². The zero-order valence-electron chi connectivity index (χ0n) is 45.2. The van der Waals surface area contributed by atoms with Gasteiger partial charge in [-0.05, 0) is 199 Å². The topological polar surface area (TPSA) is 0 Å². The Labute approximate surface area is 415 Å². The molecule has 0 heterocycles. The molecule has 8 rings (SSSR count). The van der Waals surface area contributed by atoms with Crippen LogP contribution in [0.15, 0.2) is 126 Å². The second-order valence-corrected chi connectivity index (χ2v) is 20.6. The molecule has 0 heteroatoms. The first-order valence-electron chi connectivity index (χ1n) is 25.9. The van der Waals surface area contributed by atoms with E-state index in [4.69, 9.17) is 6.42 Å². The molecular weight excluding hydrogens is 817 g/mol. The molecule has 0 nitrogen and oxygen atoms in total. The maximum absolute atomic E-state index is 5.57. The second-order valence-electron chi connectivity index (χ2n) is 20.6. The van der Waals surface area contributed by atoms with Crippen molar-refractivity contribution in [3.63, 3.8) is 0 Å². The predicted octanol–water partition coefficient (Wildman–Crippen LogP) is 19.8. The van der Waals surface area contributed by atoms with E-state index in [1.165, 1.54) is 100 Å². The Hall–Kier alpha value is -5.64. The average Bonchev–Trinajstić information content (AvgIpc) is 3.59. The normalized spacial score (nSPS) is 16.5. The molecule has 0 amide bonds. The van der Waals surface area contributed by atoms with Gasteiger partial charge in [-0.2, -0.15) is 0 Å². The van der Waals surface area contributed by atoms with Gasteiger partial charge in [-0.1, -0.05) is 201 Å². The minimum absolute atomic E-state index is 0.0291. The summed E-state index contributed by atoms with van der Waals surface area (Å²) in [5.74, 6) is 3.39. The zero-order valence-corrected chi connectivity index (χ0v) is 45.2. The summed E-state index contributed by atoms with van der Waals surface area (Å²) >= 11 is 0. The van der Waals surface area contributed by atoms with Crippen molar-refractivity contribution < 1.29 is 0 Å². The Morgan fingerprint density at radius 1 is 0.721 bits per heavy atom. The monoisotopic (exact) mass is 901 g/mol. The van der Waals surface area contributed by atoms with Gasteiger partial charge >= 0.3 is 0 Å². The Balaban J connectivity index is 0.000000242. The molecule has 3 aliphatic carbocycles. The average molecular weight is 901 g/mol. The van der Waals surface area contributed by atoms with E-state index in [0.717, 1.165) is 50.5 Å². The number of fused-ring (bicyclic) bond motifs is 5. The third-order valence-corrected chi connectivity index (χ3v) is 14.8. The minimum Gasteiger partial charge on any atom is -0.115 e. The zero-order chi connectivity index (χ0) is 49.9. The molecule has 3 aliphatic rings. The maximum Gasteiger partial charge on any atom is 0.0184 e. The molecule has 0 bridgehead atoms. The van der Waals surface area contributed by atoms with Crippen molar-refractivity contribution in [2.75, 3.05) is 0 Å². The summed E-state index contributed by atoms with van der Waals surface area (Å²) < 4.78 is 0. The molecule has 2 atom stereocenters. The predicted molar refractivity (Wildman–Crippen MR) is 304 cm³/mol. The summed E-state index contributed by atoms with van der Waals surface area (Å²) in [7, 11) is 0. The lowest BCUT2D eigenvalue weighted by Gasteiger charge is -2.27. The largest absolute Gasteiger partial charge is 0.115 e. The lowest BCUT2D eigenvalue weighted by molar-refractivity contribution is 0.564. The van der Waals surface area contributed by atoms with Gasteiger partial charge in [0.15, 0.2) is 0 Å². The van der Waals surface area contributed by atoms with Crippen LogP contribution in [0.25, 0.3) is 39.5 Å². The van der Waals surface area contributed by atoms with Gasteiger partial charge in [0.25, 0.3) is 0 Å². The van der Waals surface area contributed by atoms with Gasteiger partial charge in [-0.3, -0.25) is 0 Å². The van der Waals surface area contributed by atoms with Crippen molar-refractivity contribution in [1.82, 2.24) is 0 Å². The van der Waals surface area contributed by atoms with Gasteiger partial charge in [0.05, 0.1) is 0 Å². The lowest BCUT2D eigenvalue weighted by Crippen LogP contribution is -2.20. The molecule has 0 N–H and O–H groups in total. The van der Waals surface area contributed by atoms with Gasteiger partial charge < -0.3 is 0 Å². The summed E-state index contributed by atoms with van der Waals surface area (Å²) in [6.45, 7) is 35.7. The lowest BCUT2D eigenvalue weighted by atomic mass is 9.76. The fraction of sp³-hybridized carbons (Fsp3) is 0.382. The van der Waals surface area contributed by atoms with Gasteiger partial charge in [-0.25, -0.2) is 0 Å². The molecular formula is C68H84. The van der Waals surface area contributed by atoms with E-state index in [0.29, 0.717) is 5.92 Å². The molecule has 0 fully saturated rings. The maximum atomic E-state index is 5.57. The highest BCUT2D eigenvalue weighted by molar-refractivity contribution is 5.91. The fourth-order valence-electron chi connectivity index (χ4n) is 10.0. The van der Waals surface area contributed by atoms with Gasteiger partial charge in [0, 0.05) is 11.0 Å². The third-order valence-electron chi connectivity index (χ3n) is 14.8. The second kappa shape index (κ2) is 23.6. The quantitative estimate of drug-likeness (QED) is 0.108. The highest BCUT2D eigenvalue weighted by Crippen LogP contribution is 2.54. The first kappa shape index (κ1) is 53.3. The van der Waals surface area contributed by atoms with Crippen molar-refractivity contribution in [3.8, 4) is 34.6 Å². The summed E-state index contributed by atoms with van der Waals surface area (Å²) in [6, 6.07) is 32.1. The number of terminal acetylenes is 1. The van der Waals surface area contributed by atoms with Gasteiger partial charge in [-0.15, -0.1) is 6.42 Å². The van der Waals surface area contributed by atoms with E-state index in [1.54, 1.807) is 5.56 Å². The van der Waals surface area contributed by atoms with Crippen molar-refractivity contribution in [2.24, 2.45) is 5.92 Å². The minimum atomic E-state index is 0.0291. The van der Waals surface area contributed by atoms with Gasteiger partial charge in [0.1, 0.15) is 0 Å². The number of aryl methyl sites for hydroxylation is 5. The van der Waals surface area contributed by atoms with Crippen molar-refractivity contribution in [1.29, 1.82) is 0 Å². The van der Waals surface area contributed by atoms with Crippen LogP contribution in [0.1, 0.15) is 181 Å². The standard InChI is InChI=1S/C39H46.C16H16.C11H16.C2H6/c1-9-12-15-32(28(7)25(4)10-2)35-23-29(19-18-26(35)5)30-20-21-34-36(24-30)39(8,11-3)37-22-27(6)31-16-13-14-17-33(31)38(34)37;1-4-14-7-5-6-8-16(14)15-10-9-12(2)11-13(15)3;1-9-5-7-10(8-6-9)11(2,3)4;1-2/h12,14-15,17-25H,9-11,13,16H2,1-8H3;1,6,8-11H,5,7H2,2-3H3;5-8H,1-4H3;1-2H3/b15-12-,32-28-;;;. The highest BCUT2D eigenvalue weighted by Gasteiger charge is 2.40. The van der Waals surface area contributed by atoms with E-state index < -0.39 is 0 Å². The van der Waals surface area contributed by atoms with E-state index in [9.17, 15) is 0 Å². The SMILES string of the molecule is C#CC1=C(c2ccc(C)cc2C)C=CCC1.CC.CC/C=C\C(=C(/C)C(C)CC)c1cc(-c2ccc3c(c2)C(C)(CC)c2cc(C)c4c(c2-3)C=CCC4)ccc1C.Cc1ccc(C(C)(C)C)cc1. The Morgan fingerprint density at radius 3 is 1.99 bits per heavy atom. The van der Waals surface area contributed by atoms with Crippen LogP contribution in [-0.2, 0) is 17.3 Å². The van der Waals surface area contributed by atoms with E-state index in [2.05, 4.69) is 224 Å². The molecule has 0 spiro atoms. The summed E-state index contributed by atoms with van der Waals surface area (Å²) in [6.07, 6.45) is 27.0. The van der Waals surface area contributed by atoms with Crippen LogP contribution in [0.5, 0.6) is 0 Å². The summed E-state index contributed by atoms with van der Waals surface area (Å²) in [5, 5.41) is 0. The number of hydrogen-bond donors (Lipinski definition) is 0. The molecule has 0 aromatic heterocycles. The molecule has 0 aliphatic heterocycles. The van der Waals surface area contributed by atoms with Crippen molar-refractivity contribution in [2.45, 2.75) is 167 Å².